The van der Waals surface area contributed by atoms with E-state index in [9.17, 15) is 18.4 Å². The van der Waals surface area contributed by atoms with Crippen LogP contribution < -0.4 is 11.2 Å². The van der Waals surface area contributed by atoms with Crippen LogP contribution in [0.4, 0.5) is 8.78 Å². The van der Waals surface area contributed by atoms with E-state index in [2.05, 4.69) is 0 Å². The summed E-state index contributed by atoms with van der Waals surface area (Å²) in [6.45, 7) is 0.670. The van der Waals surface area contributed by atoms with E-state index in [1.165, 1.54) is 6.92 Å². The topological polar surface area (TPSA) is 84.3 Å². The fourth-order valence-corrected chi connectivity index (χ4v) is 1.91. The van der Waals surface area contributed by atoms with Crippen molar-refractivity contribution in [3.05, 3.63) is 33.1 Å². The lowest BCUT2D eigenvalue weighted by atomic mass is 10.00. The Morgan fingerprint density at radius 2 is 2.22 bits per heavy atom. The first-order valence-electron chi connectivity index (χ1n) is 5.33. The molecule has 1 unspecified atom stereocenters. The molecular weight excluding hydrogens is 250 g/mol. The zero-order valence-corrected chi connectivity index (χ0v) is 9.47. The summed E-state index contributed by atoms with van der Waals surface area (Å²) in [6.07, 6.45) is -1.93. The Labute approximate surface area is 99.8 Å². The minimum absolute atomic E-state index is 0.564. The molecule has 1 aliphatic heterocycles. The Morgan fingerprint density at radius 3 is 2.72 bits per heavy atom. The van der Waals surface area contributed by atoms with Crippen molar-refractivity contribution in [2.24, 2.45) is 5.92 Å². The number of H-pyrrole nitrogens is 1. The number of ether oxygens (including phenoxy) is 1. The van der Waals surface area contributed by atoms with Crippen molar-refractivity contribution >= 4 is 0 Å². The summed E-state index contributed by atoms with van der Waals surface area (Å²) < 4.78 is 33.4. The fraction of sp³-hybridized carbons (Fsp3) is 0.600. The second-order valence-corrected chi connectivity index (χ2v) is 4.19. The number of aromatic nitrogens is 2. The van der Waals surface area contributed by atoms with Crippen LogP contribution in [0.5, 0.6) is 0 Å². The van der Waals surface area contributed by atoms with Crippen molar-refractivity contribution < 1.29 is 18.6 Å². The average Bonchev–Trinajstić information content (AvgIpc) is 2.52. The van der Waals surface area contributed by atoms with Crippen LogP contribution in [0.2, 0.25) is 0 Å². The molecule has 1 aromatic rings. The molecule has 100 valence electrons. The van der Waals surface area contributed by atoms with Crippen molar-refractivity contribution in [1.29, 1.82) is 0 Å². The van der Waals surface area contributed by atoms with E-state index >= 15 is 0 Å². The Kier molecular flexibility index (Phi) is 3.07. The third kappa shape index (κ3) is 1.87. The van der Waals surface area contributed by atoms with Gasteiger partial charge in [-0.3, -0.25) is 14.3 Å². The van der Waals surface area contributed by atoms with E-state index in [1.54, 1.807) is 0 Å². The van der Waals surface area contributed by atoms with Crippen molar-refractivity contribution in [3.8, 4) is 0 Å². The van der Waals surface area contributed by atoms with Crippen LogP contribution >= 0.6 is 0 Å². The molecule has 1 fully saturated rings. The van der Waals surface area contributed by atoms with Gasteiger partial charge in [0, 0.05) is 12.3 Å². The maximum atomic E-state index is 13.9. The maximum Gasteiger partial charge on any atom is 0.330 e. The minimum Gasteiger partial charge on any atom is -0.394 e. The average molecular weight is 262 g/mol. The summed E-state index contributed by atoms with van der Waals surface area (Å²) in [4.78, 5) is 24.2. The predicted molar refractivity (Wildman–Crippen MR) is 56.4 cm³/mol. The standard InChI is InChI=1S/C10H12F2N2O4/c1-5-6(4-15)18-8(10(5,11)12)14-3-2-7(16)13-9(14)17/h2-3,5-6,8,15H,4H2,1H3,(H,13,16,17)/t5?,6-,8-/m1/s1. The summed E-state index contributed by atoms with van der Waals surface area (Å²) in [5, 5.41) is 8.94. The first-order valence-corrected chi connectivity index (χ1v) is 5.33. The van der Waals surface area contributed by atoms with E-state index in [0.717, 1.165) is 12.3 Å². The van der Waals surface area contributed by atoms with E-state index in [-0.39, 0.29) is 0 Å². The summed E-state index contributed by atoms with van der Waals surface area (Å²) in [5.41, 5.74) is -1.65. The van der Waals surface area contributed by atoms with Gasteiger partial charge in [-0.1, -0.05) is 6.92 Å². The lowest BCUT2D eigenvalue weighted by Gasteiger charge is -2.21. The third-order valence-electron chi connectivity index (χ3n) is 3.08. The lowest BCUT2D eigenvalue weighted by molar-refractivity contribution is -0.127. The molecule has 0 aromatic carbocycles. The third-order valence-corrected chi connectivity index (χ3v) is 3.08. The molecular formula is C10H12F2N2O4. The molecule has 0 saturated carbocycles. The number of alkyl halides is 2. The molecule has 0 amide bonds. The van der Waals surface area contributed by atoms with Gasteiger partial charge < -0.3 is 9.84 Å². The molecule has 18 heavy (non-hydrogen) atoms. The molecule has 1 aliphatic rings. The van der Waals surface area contributed by atoms with Crippen LogP contribution in [0, 0.1) is 5.92 Å². The number of nitrogens with zero attached hydrogens (tertiary/aromatic N) is 1. The molecule has 2 heterocycles. The monoisotopic (exact) mass is 262 g/mol. The Hall–Kier alpha value is -1.54. The van der Waals surface area contributed by atoms with Crippen LogP contribution in [0.1, 0.15) is 13.2 Å². The molecule has 0 spiro atoms. The van der Waals surface area contributed by atoms with Crippen LogP contribution in [0.25, 0.3) is 0 Å². The first-order chi connectivity index (χ1) is 8.37. The van der Waals surface area contributed by atoms with Gasteiger partial charge in [0.05, 0.1) is 18.6 Å². The quantitative estimate of drug-likeness (QED) is 0.766. The van der Waals surface area contributed by atoms with Crippen LogP contribution in [0.15, 0.2) is 21.9 Å². The summed E-state index contributed by atoms with van der Waals surface area (Å²) in [6, 6.07) is 0.956. The first kappa shape index (κ1) is 12.9. The molecule has 2 rings (SSSR count). The molecule has 0 radical (unpaired) electrons. The number of aliphatic hydroxyl groups excluding tert-OH is 1. The van der Waals surface area contributed by atoms with Gasteiger partial charge in [0.2, 0.25) is 6.23 Å². The zero-order chi connectivity index (χ0) is 13.5. The van der Waals surface area contributed by atoms with Crippen LogP contribution in [0.3, 0.4) is 0 Å². The molecule has 3 atom stereocenters. The van der Waals surface area contributed by atoms with E-state index in [0.29, 0.717) is 4.57 Å². The highest BCUT2D eigenvalue weighted by atomic mass is 19.3. The van der Waals surface area contributed by atoms with Crippen molar-refractivity contribution in [3.63, 3.8) is 0 Å². The van der Waals surface area contributed by atoms with E-state index in [4.69, 9.17) is 9.84 Å². The normalized spacial score (nSPS) is 30.6. The number of aliphatic hydroxyl groups is 1. The van der Waals surface area contributed by atoms with Gasteiger partial charge in [-0.25, -0.2) is 13.6 Å². The molecule has 6 nitrogen and oxygen atoms in total. The summed E-state index contributed by atoms with van der Waals surface area (Å²) in [7, 11) is 0. The number of halogens is 2. The molecule has 0 bridgehead atoms. The van der Waals surface area contributed by atoms with E-state index < -0.39 is 42.0 Å². The summed E-state index contributed by atoms with van der Waals surface area (Å²) >= 11 is 0. The number of aromatic amines is 1. The Morgan fingerprint density at radius 1 is 1.56 bits per heavy atom. The fourth-order valence-electron chi connectivity index (χ4n) is 1.91. The van der Waals surface area contributed by atoms with Crippen molar-refractivity contribution in [1.82, 2.24) is 9.55 Å². The molecule has 1 aromatic heterocycles. The smallest absolute Gasteiger partial charge is 0.330 e. The maximum absolute atomic E-state index is 13.9. The van der Waals surface area contributed by atoms with Gasteiger partial charge in [0.1, 0.15) is 0 Å². The summed E-state index contributed by atoms with van der Waals surface area (Å²) in [5.74, 6) is -4.54. The SMILES string of the molecule is CC1[C@@H](CO)O[C@@H](n2ccc(=O)[nH]c2=O)C1(F)F. The van der Waals surface area contributed by atoms with Crippen LogP contribution in [-0.2, 0) is 4.74 Å². The highest BCUT2D eigenvalue weighted by Crippen LogP contribution is 2.45. The van der Waals surface area contributed by atoms with E-state index in [1.807, 2.05) is 4.98 Å². The second-order valence-electron chi connectivity index (χ2n) is 4.19. The minimum atomic E-state index is -3.31. The Bertz CT molecular complexity index is 553. The number of hydrogen-bond donors (Lipinski definition) is 2. The van der Waals surface area contributed by atoms with Crippen molar-refractivity contribution in [2.75, 3.05) is 6.61 Å². The second kappa shape index (κ2) is 4.29. The number of hydrogen-bond acceptors (Lipinski definition) is 4. The molecule has 2 N–H and O–H groups in total. The predicted octanol–water partition coefficient (Wildman–Crippen LogP) is -0.302. The Balaban J connectivity index is 2.45. The van der Waals surface area contributed by atoms with Gasteiger partial charge in [-0.05, 0) is 0 Å². The van der Waals surface area contributed by atoms with Gasteiger partial charge in [-0.2, -0.15) is 0 Å². The largest absolute Gasteiger partial charge is 0.394 e. The lowest BCUT2D eigenvalue weighted by Crippen LogP contribution is -2.39. The number of nitrogens with one attached hydrogen (secondary N) is 1. The van der Waals surface area contributed by atoms with Gasteiger partial charge in [-0.15, -0.1) is 0 Å². The van der Waals surface area contributed by atoms with Crippen LogP contribution in [-0.4, -0.2) is 33.3 Å². The molecule has 0 aliphatic carbocycles. The van der Waals surface area contributed by atoms with Gasteiger partial charge in [0.15, 0.2) is 0 Å². The van der Waals surface area contributed by atoms with Gasteiger partial charge >= 0.3 is 5.69 Å². The number of rotatable bonds is 2. The van der Waals surface area contributed by atoms with Crippen molar-refractivity contribution in [2.45, 2.75) is 25.2 Å². The zero-order valence-electron chi connectivity index (χ0n) is 9.47. The molecule has 1 saturated heterocycles. The van der Waals surface area contributed by atoms with Gasteiger partial charge in [0.25, 0.3) is 11.5 Å². The highest BCUT2D eigenvalue weighted by Gasteiger charge is 2.57. The highest BCUT2D eigenvalue weighted by molar-refractivity contribution is 4.95. The molecule has 8 heteroatoms.